The maximum absolute atomic E-state index is 11.4. The fourth-order valence-electron chi connectivity index (χ4n) is 2.03. The molecule has 4 N–H and O–H groups in total. The van der Waals surface area contributed by atoms with Gasteiger partial charge in [-0.1, -0.05) is 0 Å². The lowest BCUT2D eigenvalue weighted by atomic mass is 9.87. The van der Waals surface area contributed by atoms with Gasteiger partial charge in [0.05, 0.1) is 18.7 Å². The Morgan fingerprint density at radius 3 is 2.88 bits per heavy atom. The minimum atomic E-state index is -0.207. The number of fused-ring (bicyclic) bond motifs is 1. The quantitative estimate of drug-likeness (QED) is 0.644. The molecule has 0 saturated carbocycles. The van der Waals surface area contributed by atoms with Crippen LogP contribution in [0.2, 0.25) is 0 Å². The molecule has 1 heterocycles. The maximum Gasteiger partial charge on any atom is 0.309 e. The van der Waals surface area contributed by atoms with Gasteiger partial charge in [0.15, 0.2) is 0 Å². The highest BCUT2D eigenvalue weighted by molar-refractivity contribution is 5.73. The third kappa shape index (κ3) is 1.78. The Bertz CT molecular complexity index is 433. The van der Waals surface area contributed by atoms with E-state index in [1.165, 1.54) is 7.11 Å². The lowest BCUT2D eigenvalue weighted by Crippen LogP contribution is -2.26. The van der Waals surface area contributed by atoms with E-state index < -0.39 is 0 Å². The number of methoxy groups -OCH3 is 1. The number of nitrogens with two attached hydrogens (primary N) is 2. The van der Waals surface area contributed by atoms with Gasteiger partial charge < -0.3 is 16.2 Å². The third-order valence-electron chi connectivity index (χ3n) is 2.86. The standard InChI is InChI=1S/C10H14N4O2/c1-16-9(15)5-2-3-7-6(4-5)8(11)14-10(12)13-7/h5H,2-4H2,1H3,(H4,11,12,13,14). The zero-order valence-electron chi connectivity index (χ0n) is 9.06. The number of esters is 1. The van der Waals surface area contributed by atoms with Crippen molar-refractivity contribution in [2.45, 2.75) is 19.3 Å². The molecule has 0 bridgehead atoms. The van der Waals surface area contributed by atoms with Gasteiger partial charge in [-0.25, -0.2) is 4.98 Å². The van der Waals surface area contributed by atoms with E-state index in [0.717, 1.165) is 17.7 Å². The number of rotatable bonds is 1. The van der Waals surface area contributed by atoms with Crippen molar-refractivity contribution in [1.29, 1.82) is 0 Å². The van der Waals surface area contributed by atoms with Gasteiger partial charge >= 0.3 is 5.97 Å². The zero-order chi connectivity index (χ0) is 11.7. The predicted octanol–water partition coefficient (Wildman–Crippen LogP) is -0.0811. The van der Waals surface area contributed by atoms with Gasteiger partial charge in [0.1, 0.15) is 5.82 Å². The number of aromatic nitrogens is 2. The fraction of sp³-hybridized carbons (Fsp3) is 0.500. The van der Waals surface area contributed by atoms with Crippen molar-refractivity contribution in [2.24, 2.45) is 5.92 Å². The molecule has 0 aliphatic heterocycles. The number of nitrogens with zero attached hydrogens (tertiary/aromatic N) is 2. The molecular formula is C10H14N4O2. The first-order chi connectivity index (χ1) is 7.61. The summed E-state index contributed by atoms with van der Waals surface area (Å²) in [6, 6.07) is 0. The van der Waals surface area contributed by atoms with Gasteiger partial charge in [0, 0.05) is 5.56 Å². The second-order valence-electron chi connectivity index (χ2n) is 3.86. The van der Waals surface area contributed by atoms with Gasteiger partial charge in [0.25, 0.3) is 0 Å². The summed E-state index contributed by atoms with van der Waals surface area (Å²) in [5.41, 5.74) is 13.0. The number of carbonyl (C=O) groups excluding carboxylic acids is 1. The van der Waals surface area contributed by atoms with Gasteiger partial charge in [-0.3, -0.25) is 4.79 Å². The van der Waals surface area contributed by atoms with Crippen molar-refractivity contribution in [3.8, 4) is 0 Å². The molecule has 2 rings (SSSR count). The third-order valence-corrected chi connectivity index (χ3v) is 2.86. The van der Waals surface area contributed by atoms with Crippen molar-refractivity contribution in [1.82, 2.24) is 9.97 Å². The van der Waals surface area contributed by atoms with Gasteiger partial charge in [-0.05, 0) is 19.3 Å². The van der Waals surface area contributed by atoms with E-state index in [1.54, 1.807) is 0 Å². The Morgan fingerprint density at radius 2 is 2.19 bits per heavy atom. The molecule has 1 aromatic rings. The number of anilines is 2. The Kier molecular flexibility index (Phi) is 2.64. The molecule has 1 atom stereocenters. The number of carbonyl (C=O) groups is 1. The molecule has 0 fully saturated rings. The molecule has 6 nitrogen and oxygen atoms in total. The van der Waals surface area contributed by atoms with Crippen molar-refractivity contribution in [3.05, 3.63) is 11.3 Å². The summed E-state index contributed by atoms with van der Waals surface area (Å²) >= 11 is 0. The minimum Gasteiger partial charge on any atom is -0.469 e. The zero-order valence-corrected chi connectivity index (χ0v) is 9.06. The van der Waals surface area contributed by atoms with Gasteiger partial charge in [-0.15, -0.1) is 0 Å². The average molecular weight is 222 g/mol. The summed E-state index contributed by atoms with van der Waals surface area (Å²) in [5, 5.41) is 0. The molecular weight excluding hydrogens is 208 g/mol. The summed E-state index contributed by atoms with van der Waals surface area (Å²) in [7, 11) is 1.39. The molecule has 1 unspecified atom stereocenters. The first-order valence-corrected chi connectivity index (χ1v) is 5.10. The van der Waals surface area contributed by atoms with Crippen LogP contribution in [0.4, 0.5) is 11.8 Å². The molecule has 86 valence electrons. The maximum atomic E-state index is 11.4. The number of hydrogen-bond donors (Lipinski definition) is 2. The van der Waals surface area contributed by atoms with E-state index in [2.05, 4.69) is 9.97 Å². The molecule has 16 heavy (non-hydrogen) atoms. The fourth-order valence-corrected chi connectivity index (χ4v) is 2.03. The Balaban J connectivity index is 2.30. The van der Waals surface area contributed by atoms with E-state index in [1.807, 2.05) is 0 Å². The summed E-state index contributed by atoms with van der Waals surface area (Å²) in [6.45, 7) is 0. The second kappa shape index (κ2) is 3.96. The first kappa shape index (κ1) is 10.7. The average Bonchev–Trinajstić information content (AvgIpc) is 2.27. The molecule has 0 spiro atoms. The van der Waals surface area contributed by atoms with Crippen LogP contribution in [-0.4, -0.2) is 23.0 Å². The van der Waals surface area contributed by atoms with Gasteiger partial charge in [-0.2, -0.15) is 4.98 Å². The van der Waals surface area contributed by atoms with Crippen molar-refractivity contribution >= 4 is 17.7 Å². The summed E-state index contributed by atoms with van der Waals surface area (Å²) < 4.78 is 4.72. The lowest BCUT2D eigenvalue weighted by molar-refractivity contribution is -0.145. The molecule has 0 aromatic carbocycles. The van der Waals surface area contributed by atoms with Crippen LogP contribution in [0.25, 0.3) is 0 Å². The van der Waals surface area contributed by atoms with Crippen molar-refractivity contribution in [2.75, 3.05) is 18.6 Å². The topological polar surface area (TPSA) is 104 Å². The molecule has 0 radical (unpaired) electrons. The Morgan fingerprint density at radius 1 is 1.44 bits per heavy atom. The molecule has 0 saturated heterocycles. The molecule has 6 heteroatoms. The number of hydrogen-bond acceptors (Lipinski definition) is 6. The van der Waals surface area contributed by atoms with E-state index >= 15 is 0 Å². The highest BCUT2D eigenvalue weighted by Gasteiger charge is 2.28. The van der Waals surface area contributed by atoms with Crippen LogP contribution in [0.15, 0.2) is 0 Å². The van der Waals surface area contributed by atoms with E-state index in [0.29, 0.717) is 18.7 Å². The smallest absolute Gasteiger partial charge is 0.309 e. The minimum absolute atomic E-state index is 0.146. The van der Waals surface area contributed by atoms with E-state index in [4.69, 9.17) is 16.2 Å². The van der Waals surface area contributed by atoms with Crippen LogP contribution < -0.4 is 11.5 Å². The highest BCUT2D eigenvalue weighted by Crippen LogP contribution is 2.28. The summed E-state index contributed by atoms with van der Waals surface area (Å²) in [6.07, 6.45) is 1.94. The first-order valence-electron chi connectivity index (χ1n) is 5.10. The predicted molar refractivity (Wildman–Crippen MR) is 58.4 cm³/mol. The van der Waals surface area contributed by atoms with Crippen LogP contribution in [0.3, 0.4) is 0 Å². The van der Waals surface area contributed by atoms with Crippen molar-refractivity contribution in [3.63, 3.8) is 0 Å². The largest absolute Gasteiger partial charge is 0.469 e. The Labute approximate surface area is 93.0 Å². The highest BCUT2D eigenvalue weighted by atomic mass is 16.5. The monoisotopic (exact) mass is 222 g/mol. The van der Waals surface area contributed by atoms with Crippen LogP contribution in [0.1, 0.15) is 17.7 Å². The number of aryl methyl sites for hydroxylation is 1. The van der Waals surface area contributed by atoms with E-state index in [9.17, 15) is 4.79 Å². The van der Waals surface area contributed by atoms with Crippen LogP contribution >= 0.6 is 0 Å². The molecule has 1 aliphatic carbocycles. The SMILES string of the molecule is COC(=O)C1CCc2nc(N)nc(N)c2C1. The Hall–Kier alpha value is -1.85. The number of nitrogen functional groups attached to an aromatic ring is 2. The molecule has 0 amide bonds. The van der Waals surface area contributed by atoms with Crippen LogP contribution in [0.5, 0.6) is 0 Å². The van der Waals surface area contributed by atoms with Crippen LogP contribution in [0, 0.1) is 5.92 Å². The number of ether oxygens (including phenoxy) is 1. The van der Waals surface area contributed by atoms with Crippen LogP contribution in [-0.2, 0) is 22.4 Å². The van der Waals surface area contributed by atoms with Crippen molar-refractivity contribution < 1.29 is 9.53 Å². The molecule has 1 aromatic heterocycles. The van der Waals surface area contributed by atoms with Gasteiger partial charge in [0.2, 0.25) is 5.95 Å². The molecule has 1 aliphatic rings. The second-order valence-corrected chi connectivity index (χ2v) is 3.86. The normalized spacial score (nSPS) is 18.9. The summed E-state index contributed by atoms with van der Waals surface area (Å²) in [4.78, 5) is 19.5. The summed E-state index contributed by atoms with van der Waals surface area (Å²) in [5.74, 6) is 0.206. The lowest BCUT2D eigenvalue weighted by Gasteiger charge is -2.22. The van der Waals surface area contributed by atoms with E-state index in [-0.39, 0.29) is 17.8 Å².